The zero-order chi connectivity index (χ0) is 40.1. The van der Waals surface area contributed by atoms with Gasteiger partial charge in [0.25, 0.3) is 5.56 Å². The number of amides is 1. The van der Waals surface area contributed by atoms with Crippen molar-refractivity contribution in [3.05, 3.63) is 80.7 Å². The Morgan fingerprint density at radius 3 is 2.04 bits per heavy atom. The number of halogens is 2. The van der Waals surface area contributed by atoms with Gasteiger partial charge in [0.2, 0.25) is 0 Å². The van der Waals surface area contributed by atoms with Crippen LogP contribution < -0.4 is 30.4 Å². The van der Waals surface area contributed by atoms with E-state index in [9.17, 15) is 14.7 Å². The highest BCUT2D eigenvalue weighted by molar-refractivity contribution is 6.41. The summed E-state index contributed by atoms with van der Waals surface area (Å²) in [7, 11) is 4.61. The van der Waals surface area contributed by atoms with E-state index in [1.165, 1.54) is 19.1 Å². The number of carboxylic acid groups (broad SMARTS) is 1. The number of piperazine rings is 1. The van der Waals surface area contributed by atoms with Crippen molar-refractivity contribution in [1.82, 2.24) is 14.5 Å². The number of fused-ring (bicyclic) bond motifs is 1. The van der Waals surface area contributed by atoms with E-state index in [4.69, 9.17) is 48.1 Å². The maximum atomic E-state index is 14.4. The molecule has 0 spiro atoms. The SMILES string of the molecule is CCn1c(=O)c(-c2c(Cl)c(OC)cc(OC)c2Cl)cc2cnc(-c3c(OC)c(C(C)(C)C)c(N4C[C@@H](C)N(C(=O)O)[C@@H](C)C4)c(N)c3-c3ccccc3)cc21. The van der Waals surface area contributed by atoms with E-state index in [1.54, 1.807) is 30.0 Å². The fraction of sp³-hybridized carbons (Fsp3) is 0.357. The average molecular weight is 789 g/mol. The molecule has 1 amide bonds. The number of methoxy groups -OCH3 is 3. The second-order valence-corrected chi connectivity index (χ2v) is 15.6. The molecule has 0 aliphatic carbocycles. The number of rotatable bonds is 8. The summed E-state index contributed by atoms with van der Waals surface area (Å²) in [4.78, 5) is 35.3. The standard InChI is InChI=1S/C42H47Cl2N5O6/c1-10-48-28-17-27(46-19-25(28)16-26(40(48)50)32-35(43)29(53-7)18-30(54-8)36(32)44)33-31(24-14-12-11-13-15-24)37(45)38(34(39(33)55-9)42(4,5)6)47-20-22(2)49(41(51)52)23(3)21-47/h11-19,22-23H,10,20-21,45H2,1-9H3,(H,51,52)/t22-,23+. The lowest BCUT2D eigenvalue weighted by Crippen LogP contribution is -2.58. The molecule has 3 aromatic carbocycles. The van der Waals surface area contributed by atoms with Crippen LogP contribution in [0.4, 0.5) is 16.2 Å². The largest absolute Gasteiger partial charge is 0.496 e. The van der Waals surface area contributed by atoms with Gasteiger partial charge in [0.15, 0.2) is 0 Å². The van der Waals surface area contributed by atoms with E-state index >= 15 is 0 Å². The molecule has 55 heavy (non-hydrogen) atoms. The quantitative estimate of drug-likeness (QED) is 0.148. The Balaban J connectivity index is 1.67. The molecule has 6 rings (SSSR count). The average Bonchev–Trinajstić information content (AvgIpc) is 3.14. The molecule has 3 N–H and O–H groups in total. The van der Waals surface area contributed by atoms with Gasteiger partial charge in [0.05, 0.1) is 77.2 Å². The van der Waals surface area contributed by atoms with E-state index in [2.05, 4.69) is 25.7 Å². The van der Waals surface area contributed by atoms with E-state index in [-0.39, 0.29) is 33.3 Å². The highest BCUT2D eigenvalue weighted by atomic mass is 35.5. The highest BCUT2D eigenvalue weighted by Gasteiger charge is 2.39. The first-order chi connectivity index (χ1) is 26.1. The van der Waals surface area contributed by atoms with Crippen LogP contribution >= 0.6 is 23.2 Å². The van der Waals surface area contributed by atoms with E-state index in [0.29, 0.717) is 70.3 Å². The second kappa shape index (κ2) is 15.2. The molecule has 2 aromatic heterocycles. The number of nitrogens with two attached hydrogens (primary N) is 1. The summed E-state index contributed by atoms with van der Waals surface area (Å²) < 4.78 is 19.1. The Kier molecular flexibility index (Phi) is 10.9. The lowest BCUT2D eigenvalue weighted by atomic mass is 9.79. The van der Waals surface area contributed by atoms with Gasteiger partial charge in [-0.15, -0.1) is 0 Å². The normalized spacial score (nSPS) is 16.1. The second-order valence-electron chi connectivity index (χ2n) is 14.8. The molecule has 1 aliphatic rings. The molecule has 1 saturated heterocycles. The molecule has 2 atom stereocenters. The molecule has 5 aromatic rings. The zero-order valence-electron chi connectivity index (χ0n) is 32.6. The molecule has 290 valence electrons. The monoisotopic (exact) mass is 787 g/mol. The Bertz CT molecular complexity index is 2320. The Hall–Kier alpha value is -5.13. The van der Waals surface area contributed by atoms with Crippen LogP contribution in [-0.2, 0) is 12.0 Å². The van der Waals surface area contributed by atoms with Crippen molar-refractivity contribution >= 4 is 51.6 Å². The minimum absolute atomic E-state index is 0.188. The van der Waals surface area contributed by atoms with Crippen LogP contribution in [0.5, 0.6) is 17.2 Å². The molecule has 3 heterocycles. The molecule has 0 saturated carbocycles. The molecular weight excluding hydrogens is 741 g/mol. The van der Waals surface area contributed by atoms with E-state index in [1.807, 2.05) is 57.2 Å². The number of nitrogen functional groups attached to an aromatic ring is 1. The van der Waals surface area contributed by atoms with Gasteiger partial charge in [0.1, 0.15) is 17.2 Å². The van der Waals surface area contributed by atoms with Gasteiger partial charge in [0, 0.05) is 54.0 Å². The minimum Gasteiger partial charge on any atom is -0.496 e. The lowest BCUT2D eigenvalue weighted by molar-refractivity contribution is 0.0982. The predicted octanol–water partition coefficient (Wildman–Crippen LogP) is 9.21. The number of carbonyl (C=O) groups is 1. The van der Waals surface area contributed by atoms with Crippen molar-refractivity contribution in [3.8, 4) is 50.8 Å². The molecule has 13 heteroatoms. The predicted molar refractivity (Wildman–Crippen MR) is 222 cm³/mol. The number of ether oxygens (including phenoxy) is 3. The van der Waals surface area contributed by atoms with Gasteiger partial charge < -0.3 is 34.5 Å². The van der Waals surface area contributed by atoms with Crippen LogP contribution in [0.25, 0.3) is 44.4 Å². The Labute approximate surface area is 331 Å². The molecule has 1 fully saturated rings. The Morgan fingerprint density at radius 2 is 1.53 bits per heavy atom. The molecule has 11 nitrogen and oxygen atoms in total. The third kappa shape index (κ3) is 6.78. The summed E-state index contributed by atoms with van der Waals surface area (Å²) in [6.45, 7) is 13.2. The summed E-state index contributed by atoms with van der Waals surface area (Å²) in [6, 6.07) is 14.5. The summed E-state index contributed by atoms with van der Waals surface area (Å²) in [5, 5.41) is 11.0. The summed E-state index contributed by atoms with van der Waals surface area (Å²) >= 11 is 13.6. The maximum absolute atomic E-state index is 14.4. The molecule has 0 radical (unpaired) electrons. The maximum Gasteiger partial charge on any atom is 0.407 e. The number of nitrogens with zero attached hydrogens (tertiary/aromatic N) is 4. The zero-order valence-corrected chi connectivity index (χ0v) is 34.1. The topological polar surface area (TPSA) is 132 Å². The number of anilines is 2. The van der Waals surface area contributed by atoms with Gasteiger partial charge >= 0.3 is 6.09 Å². The first-order valence-corrected chi connectivity index (χ1v) is 18.8. The molecule has 0 bridgehead atoms. The number of aromatic nitrogens is 2. The van der Waals surface area contributed by atoms with Gasteiger partial charge in [-0.05, 0) is 43.9 Å². The van der Waals surface area contributed by atoms with Crippen LogP contribution in [-0.4, -0.2) is 72.2 Å². The number of aryl methyl sites for hydroxylation is 1. The van der Waals surface area contributed by atoms with Crippen molar-refractivity contribution in [2.45, 2.75) is 65.6 Å². The summed E-state index contributed by atoms with van der Waals surface area (Å²) in [5.41, 5.74) is 12.8. The number of hydrogen-bond donors (Lipinski definition) is 2. The van der Waals surface area contributed by atoms with E-state index in [0.717, 1.165) is 22.4 Å². The molecular formula is C42H47Cl2N5O6. The van der Waals surface area contributed by atoms with Crippen LogP contribution in [0, 0.1) is 0 Å². The number of benzene rings is 3. The van der Waals surface area contributed by atoms with Crippen molar-refractivity contribution in [1.29, 1.82) is 0 Å². The van der Waals surface area contributed by atoms with E-state index < -0.39 is 11.5 Å². The minimum atomic E-state index is -0.948. The van der Waals surface area contributed by atoms with Crippen molar-refractivity contribution < 1.29 is 24.1 Å². The molecule has 1 aliphatic heterocycles. The first-order valence-electron chi connectivity index (χ1n) is 18.1. The van der Waals surface area contributed by atoms with Crippen molar-refractivity contribution in [3.63, 3.8) is 0 Å². The highest BCUT2D eigenvalue weighted by Crippen LogP contribution is 2.54. The summed E-state index contributed by atoms with van der Waals surface area (Å²) in [5.74, 6) is 1.23. The van der Waals surface area contributed by atoms with Crippen LogP contribution in [0.1, 0.15) is 47.1 Å². The number of pyridine rings is 2. The number of hydrogen-bond acceptors (Lipinski definition) is 8. The van der Waals surface area contributed by atoms with Crippen LogP contribution in [0.2, 0.25) is 10.0 Å². The van der Waals surface area contributed by atoms with Crippen LogP contribution in [0.15, 0.2) is 59.5 Å². The fourth-order valence-electron chi connectivity index (χ4n) is 8.02. The van der Waals surface area contributed by atoms with Gasteiger partial charge in [-0.3, -0.25) is 14.7 Å². The van der Waals surface area contributed by atoms with Crippen molar-refractivity contribution in [2.24, 2.45) is 0 Å². The first kappa shape index (κ1) is 39.6. The third-order valence-electron chi connectivity index (χ3n) is 10.3. The van der Waals surface area contributed by atoms with Crippen molar-refractivity contribution in [2.75, 3.05) is 45.1 Å². The Morgan fingerprint density at radius 1 is 0.927 bits per heavy atom. The fourth-order valence-corrected chi connectivity index (χ4v) is 8.72. The van der Waals surface area contributed by atoms with Gasteiger partial charge in [-0.2, -0.15) is 0 Å². The third-order valence-corrected chi connectivity index (χ3v) is 11.1. The van der Waals surface area contributed by atoms with Gasteiger partial charge in [-0.25, -0.2) is 4.79 Å². The van der Waals surface area contributed by atoms with Crippen LogP contribution in [0.3, 0.4) is 0 Å². The van der Waals surface area contributed by atoms with Gasteiger partial charge in [-0.1, -0.05) is 74.3 Å². The lowest BCUT2D eigenvalue weighted by Gasteiger charge is -2.46. The summed E-state index contributed by atoms with van der Waals surface area (Å²) in [6.07, 6.45) is 0.777. The molecule has 0 unspecified atom stereocenters. The smallest absolute Gasteiger partial charge is 0.407 e.